The largest absolute Gasteiger partial charge is 0.269 e. The normalized spacial score (nSPS) is 9.89. The molecular formula is C12H6ClN3O2S. The van der Waals surface area contributed by atoms with E-state index in [9.17, 15) is 10.1 Å². The van der Waals surface area contributed by atoms with Gasteiger partial charge in [-0.1, -0.05) is 23.4 Å². The smallest absolute Gasteiger partial charge is 0.258 e. The van der Waals surface area contributed by atoms with Crippen LogP contribution in [0, 0.1) is 21.4 Å². The van der Waals surface area contributed by atoms with E-state index in [2.05, 4.69) is 4.98 Å². The minimum atomic E-state index is -0.462. The maximum absolute atomic E-state index is 10.5. The van der Waals surface area contributed by atoms with Gasteiger partial charge in [0.15, 0.2) is 0 Å². The number of benzene rings is 1. The predicted molar refractivity (Wildman–Crippen MR) is 71.2 cm³/mol. The van der Waals surface area contributed by atoms with Crippen molar-refractivity contribution in [1.82, 2.24) is 4.98 Å². The first kappa shape index (κ1) is 13.3. The van der Waals surface area contributed by atoms with Crippen molar-refractivity contribution in [2.45, 2.75) is 9.92 Å². The van der Waals surface area contributed by atoms with Crippen molar-refractivity contribution in [2.75, 3.05) is 0 Å². The quantitative estimate of drug-likeness (QED) is 0.637. The highest BCUT2D eigenvalue weighted by molar-refractivity contribution is 7.99. The fourth-order valence-electron chi connectivity index (χ4n) is 1.33. The first-order valence-corrected chi connectivity index (χ1v) is 6.28. The third kappa shape index (κ3) is 3.02. The van der Waals surface area contributed by atoms with E-state index >= 15 is 0 Å². The third-order valence-corrected chi connectivity index (χ3v) is 3.75. The SMILES string of the molecule is N#Cc1ccnc(Sc2ccc([N+](=O)[O-])cc2)c1Cl. The van der Waals surface area contributed by atoms with Gasteiger partial charge in [0, 0.05) is 23.2 Å². The molecule has 5 nitrogen and oxygen atoms in total. The summed E-state index contributed by atoms with van der Waals surface area (Å²) in [5, 5.41) is 20.2. The Morgan fingerprint density at radius 2 is 2.00 bits per heavy atom. The Bertz CT molecular complexity index is 668. The number of halogens is 1. The molecule has 0 aliphatic heterocycles. The van der Waals surface area contributed by atoms with E-state index in [0.29, 0.717) is 10.6 Å². The second kappa shape index (κ2) is 5.69. The van der Waals surface area contributed by atoms with E-state index in [4.69, 9.17) is 16.9 Å². The van der Waals surface area contributed by atoms with Gasteiger partial charge in [0.05, 0.1) is 15.5 Å². The Balaban J connectivity index is 2.27. The van der Waals surface area contributed by atoms with Crippen molar-refractivity contribution >= 4 is 29.1 Å². The number of hydrogen-bond donors (Lipinski definition) is 0. The molecule has 94 valence electrons. The minimum Gasteiger partial charge on any atom is -0.258 e. The van der Waals surface area contributed by atoms with Crippen LogP contribution in [0.2, 0.25) is 5.02 Å². The molecule has 0 saturated heterocycles. The van der Waals surface area contributed by atoms with Crippen molar-refractivity contribution in [3.8, 4) is 6.07 Å². The second-order valence-electron chi connectivity index (χ2n) is 3.44. The molecule has 0 aliphatic rings. The Kier molecular flexibility index (Phi) is 4.00. The summed E-state index contributed by atoms with van der Waals surface area (Å²) in [5.41, 5.74) is 0.371. The second-order valence-corrected chi connectivity index (χ2v) is 4.88. The number of hydrogen-bond acceptors (Lipinski definition) is 5. The summed E-state index contributed by atoms with van der Waals surface area (Å²) < 4.78 is 0. The average Bonchev–Trinajstić information content (AvgIpc) is 2.42. The molecular weight excluding hydrogens is 286 g/mol. The molecule has 0 unspecified atom stereocenters. The summed E-state index contributed by atoms with van der Waals surface area (Å²) in [6.07, 6.45) is 1.50. The first-order valence-electron chi connectivity index (χ1n) is 5.08. The van der Waals surface area contributed by atoms with Crippen LogP contribution in [0.15, 0.2) is 46.5 Å². The van der Waals surface area contributed by atoms with E-state index in [1.807, 2.05) is 6.07 Å². The Morgan fingerprint density at radius 3 is 2.58 bits per heavy atom. The molecule has 19 heavy (non-hydrogen) atoms. The van der Waals surface area contributed by atoms with Crippen LogP contribution in [-0.4, -0.2) is 9.91 Å². The number of nitriles is 1. The summed E-state index contributed by atoms with van der Waals surface area (Å²) in [4.78, 5) is 14.9. The zero-order valence-corrected chi connectivity index (χ0v) is 11.0. The standard InChI is InChI=1S/C12H6ClN3O2S/c13-11-8(7-14)5-6-15-12(11)19-10-3-1-9(2-4-10)16(17)18/h1-6H. The van der Waals surface area contributed by atoms with Crippen molar-refractivity contribution in [1.29, 1.82) is 5.26 Å². The van der Waals surface area contributed by atoms with Crippen LogP contribution in [0.4, 0.5) is 5.69 Å². The molecule has 0 saturated carbocycles. The summed E-state index contributed by atoms with van der Waals surface area (Å²) in [6, 6.07) is 9.54. The van der Waals surface area contributed by atoms with Crippen LogP contribution in [0.1, 0.15) is 5.56 Å². The van der Waals surface area contributed by atoms with Crippen molar-refractivity contribution in [2.24, 2.45) is 0 Å². The fourth-order valence-corrected chi connectivity index (χ4v) is 2.41. The lowest BCUT2D eigenvalue weighted by Gasteiger charge is -2.03. The predicted octanol–water partition coefficient (Wildman–Crippen LogP) is 3.67. The lowest BCUT2D eigenvalue weighted by molar-refractivity contribution is -0.384. The molecule has 1 heterocycles. The highest BCUT2D eigenvalue weighted by atomic mass is 35.5. The van der Waals surface area contributed by atoms with E-state index in [-0.39, 0.29) is 10.7 Å². The molecule has 0 bridgehead atoms. The molecule has 0 atom stereocenters. The van der Waals surface area contributed by atoms with Gasteiger partial charge in [-0.05, 0) is 18.2 Å². The lowest BCUT2D eigenvalue weighted by atomic mass is 10.3. The molecule has 0 aliphatic carbocycles. The van der Waals surface area contributed by atoms with Crippen LogP contribution in [0.3, 0.4) is 0 Å². The molecule has 1 aromatic carbocycles. The Hall–Kier alpha value is -2.10. The molecule has 0 N–H and O–H groups in total. The molecule has 0 radical (unpaired) electrons. The van der Waals surface area contributed by atoms with Crippen LogP contribution in [0.25, 0.3) is 0 Å². The summed E-state index contributed by atoms with van der Waals surface area (Å²) in [5.74, 6) is 0. The van der Waals surface area contributed by atoms with Crippen LogP contribution >= 0.6 is 23.4 Å². The summed E-state index contributed by atoms with van der Waals surface area (Å²) in [6.45, 7) is 0. The van der Waals surface area contributed by atoms with Crippen LogP contribution in [0.5, 0.6) is 0 Å². The number of aromatic nitrogens is 1. The number of non-ortho nitro benzene ring substituents is 1. The van der Waals surface area contributed by atoms with E-state index in [1.165, 1.54) is 36.2 Å². The van der Waals surface area contributed by atoms with Gasteiger partial charge in [-0.2, -0.15) is 5.26 Å². The first-order chi connectivity index (χ1) is 9.11. The average molecular weight is 292 g/mol. The van der Waals surface area contributed by atoms with E-state index < -0.39 is 4.92 Å². The maximum atomic E-state index is 10.5. The Morgan fingerprint density at radius 1 is 1.32 bits per heavy atom. The monoisotopic (exact) mass is 291 g/mol. The van der Waals surface area contributed by atoms with Gasteiger partial charge in [-0.25, -0.2) is 4.98 Å². The summed E-state index contributed by atoms with van der Waals surface area (Å²) >= 11 is 7.27. The van der Waals surface area contributed by atoms with Gasteiger partial charge in [0.1, 0.15) is 11.1 Å². The minimum absolute atomic E-state index is 0.0224. The highest BCUT2D eigenvalue weighted by Crippen LogP contribution is 2.33. The fraction of sp³-hybridized carbons (Fsp3) is 0. The van der Waals surface area contributed by atoms with Crippen LogP contribution < -0.4 is 0 Å². The number of nitro groups is 1. The maximum Gasteiger partial charge on any atom is 0.269 e. The molecule has 0 fully saturated rings. The molecule has 2 aromatic rings. The number of nitrogens with zero attached hydrogens (tertiary/aromatic N) is 3. The van der Waals surface area contributed by atoms with Gasteiger partial charge >= 0.3 is 0 Å². The summed E-state index contributed by atoms with van der Waals surface area (Å²) in [7, 11) is 0. The third-order valence-electron chi connectivity index (χ3n) is 2.24. The zero-order chi connectivity index (χ0) is 13.8. The van der Waals surface area contributed by atoms with E-state index in [0.717, 1.165) is 4.90 Å². The van der Waals surface area contributed by atoms with E-state index in [1.54, 1.807) is 12.1 Å². The molecule has 2 rings (SSSR count). The number of pyridine rings is 1. The number of nitro benzene ring substituents is 1. The molecule has 1 aromatic heterocycles. The molecule has 0 spiro atoms. The molecule has 7 heteroatoms. The van der Waals surface area contributed by atoms with Gasteiger partial charge < -0.3 is 0 Å². The Labute approximate surface area is 118 Å². The topological polar surface area (TPSA) is 79.8 Å². The van der Waals surface area contributed by atoms with Gasteiger partial charge in [-0.3, -0.25) is 10.1 Å². The number of rotatable bonds is 3. The van der Waals surface area contributed by atoms with Crippen molar-refractivity contribution in [3.63, 3.8) is 0 Å². The lowest BCUT2D eigenvalue weighted by Crippen LogP contribution is -1.88. The van der Waals surface area contributed by atoms with Crippen molar-refractivity contribution in [3.05, 3.63) is 57.2 Å². The van der Waals surface area contributed by atoms with Crippen molar-refractivity contribution < 1.29 is 4.92 Å². The zero-order valence-electron chi connectivity index (χ0n) is 9.41. The van der Waals surface area contributed by atoms with Gasteiger partial charge in [-0.15, -0.1) is 0 Å². The highest BCUT2D eigenvalue weighted by Gasteiger charge is 2.10. The molecule has 0 amide bonds. The van der Waals surface area contributed by atoms with Gasteiger partial charge in [0.25, 0.3) is 5.69 Å². The van der Waals surface area contributed by atoms with Gasteiger partial charge in [0.2, 0.25) is 0 Å². The van der Waals surface area contributed by atoms with Crippen LogP contribution in [-0.2, 0) is 0 Å².